The van der Waals surface area contributed by atoms with Crippen LogP contribution in [0.1, 0.15) is 39.5 Å². The summed E-state index contributed by atoms with van der Waals surface area (Å²) in [7, 11) is 0. The third kappa shape index (κ3) is 3.98. The van der Waals surface area contributed by atoms with Crippen LogP contribution in [0.2, 0.25) is 0 Å². The van der Waals surface area contributed by atoms with Crippen molar-refractivity contribution in [3.8, 4) is 0 Å². The molecule has 104 valence electrons. The van der Waals surface area contributed by atoms with Crippen LogP contribution < -0.4 is 5.73 Å². The predicted molar refractivity (Wildman–Crippen MR) is 69.0 cm³/mol. The van der Waals surface area contributed by atoms with E-state index < -0.39 is 5.97 Å². The summed E-state index contributed by atoms with van der Waals surface area (Å²) < 4.78 is 0. The number of likely N-dealkylation sites (tertiary alicyclic amines) is 1. The van der Waals surface area contributed by atoms with Gasteiger partial charge < -0.3 is 15.7 Å². The molecule has 0 spiro atoms. The summed E-state index contributed by atoms with van der Waals surface area (Å²) >= 11 is 0. The molecule has 0 aromatic rings. The number of rotatable bonds is 5. The summed E-state index contributed by atoms with van der Waals surface area (Å²) in [6.45, 7) is 5.13. The number of carbonyl (C=O) groups is 2. The van der Waals surface area contributed by atoms with E-state index in [0.29, 0.717) is 38.3 Å². The number of nitrogens with zero attached hydrogens (tertiary/aromatic N) is 1. The minimum atomic E-state index is -0.745. The van der Waals surface area contributed by atoms with Gasteiger partial charge in [0.15, 0.2) is 0 Å². The Bertz CT molecular complexity index is 307. The van der Waals surface area contributed by atoms with Crippen LogP contribution in [0.5, 0.6) is 0 Å². The summed E-state index contributed by atoms with van der Waals surface area (Å²) in [5, 5.41) is 8.97. The zero-order valence-corrected chi connectivity index (χ0v) is 11.3. The van der Waals surface area contributed by atoms with Gasteiger partial charge in [-0.1, -0.05) is 6.92 Å². The first-order valence-corrected chi connectivity index (χ1v) is 6.68. The maximum atomic E-state index is 12.0. The molecule has 5 heteroatoms. The Labute approximate surface area is 108 Å². The van der Waals surface area contributed by atoms with Gasteiger partial charge in [0.25, 0.3) is 0 Å². The van der Waals surface area contributed by atoms with Crippen molar-refractivity contribution >= 4 is 11.9 Å². The molecule has 0 radical (unpaired) electrons. The van der Waals surface area contributed by atoms with Crippen molar-refractivity contribution < 1.29 is 14.7 Å². The number of amides is 1. The van der Waals surface area contributed by atoms with Gasteiger partial charge >= 0.3 is 5.97 Å². The molecular formula is C13H24N2O3. The minimum absolute atomic E-state index is 0.0283. The number of hydrogen-bond acceptors (Lipinski definition) is 3. The lowest BCUT2D eigenvalue weighted by atomic mass is 9.91. The van der Waals surface area contributed by atoms with Gasteiger partial charge in [-0.2, -0.15) is 0 Å². The van der Waals surface area contributed by atoms with E-state index in [4.69, 9.17) is 10.8 Å². The average molecular weight is 256 g/mol. The molecule has 3 atom stereocenters. The van der Waals surface area contributed by atoms with Gasteiger partial charge in [-0.3, -0.25) is 9.59 Å². The zero-order chi connectivity index (χ0) is 13.7. The Morgan fingerprint density at radius 3 is 2.67 bits per heavy atom. The normalized spacial score (nSPS) is 25.8. The van der Waals surface area contributed by atoms with E-state index >= 15 is 0 Å². The Kier molecular flexibility index (Phi) is 5.59. The molecule has 3 unspecified atom stereocenters. The number of hydrogen-bond donors (Lipinski definition) is 2. The Morgan fingerprint density at radius 2 is 2.17 bits per heavy atom. The molecule has 0 saturated carbocycles. The van der Waals surface area contributed by atoms with Gasteiger partial charge in [-0.15, -0.1) is 0 Å². The van der Waals surface area contributed by atoms with Crippen molar-refractivity contribution in [3.63, 3.8) is 0 Å². The second-order valence-corrected chi connectivity index (χ2v) is 5.38. The molecule has 3 N–H and O–H groups in total. The smallest absolute Gasteiger partial charge is 0.306 e. The fourth-order valence-corrected chi connectivity index (χ4v) is 2.40. The highest BCUT2D eigenvalue weighted by molar-refractivity contribution is 5.77. The van der Waals surface area contributed by atoms with Crippen LogP contribution in [0.4, 0.5) is 0 Å². The van der Waals surface area contributed by atoms with Crippen molar-refractivity contribution in [3.05, 3.63) is 0 Å². The zero-order valence-electron chi connectivity index (χ0n) is 11.3. The van der Waals surface area contributed by atoms with Crippen molar-refractivity contribution in [2.75, 3.05) is 13.1 Å². The number of carboxylic acids is 1. The highest BCUT2D eigenvalue weighted by atomic mass is 16.4. The Hall–Kier alpha value is -1.10. The first kappa shape index (κ1) is 15.0. The molecule has 1 amide bonds. The van der Waals surface area contributed by atoms with Crippen LogP contribution in [-0.4, -0.2) is 41.0 Å². The summed E-state index contributed by atoms with van der Waals surface area (Å²) in [6, 6.07) is 0.0283. The van der Waals surface area contributed by atoms with Crippen molar-refractivity contribution in [2.45, 2.75) is 45.6 Å². The fourth-order valence-electron chi connectivity index (χ4n) is 2.40. The van der Waals surface area contributed by atoms with Crippen LogP contribution >= 0.6 is 0 Å². The highest BCUT2D eigenvalue weighted by Crippen LogP contribution is 2.24. The van der Waals surface area contributed by atoms with Gasteiger partial charge in [0.2, 0.25) is 5.91 Å². The highest BCUT2D eigenvalue weighted by Gasteiger charge is 2.31. The van der Waals surface area contributed by atoms with Gasteiger partial charge in [0.1, 0.15) is 0 Å². The summed E-state index contributed by atoms with van der Waals surface area (Å²) in [5.74, 6) is -0.551. The van der Waals surface area contributed by atoms with Crippen LogP contribution in [0, 0.1) is 11.8 Å². The van der Waals surface area contributed by atoms with Gasteiger partial charge in [0.05, 0.1) is 5.92 Å². The van der Waals surface area contributed by atoms with Crippen LogP contribution in [0.15, 0.2) is 0 Å². The van der Waals surface area contributed by atoms with Crippen LogP contribution in [0.3, 0.4) is 0 Å². The molecule has 1 aliphatic rings. The molecule has 1 rings (SSSR count). The second-order valence-electron chi connectivity index (χ2n) is 5.38. The van der Waals surface area contributed by atoms with Crippen molar-refractivity contribution in [1.29, 1.82) is 0 Å². The van der Waals surface area contributed by atoms with E-state index in [-0.39, 0.29) is 17.9 Å². The molecule has 1 heterocycles. The Balaban J connectivity index is 2.43. The lowest BCUT2D eigenvalue weighted by molar-refractivity contribution is -0.147. The second kappa shape index (κ2) is 6.73. The summed E-state index contributed by atoms with van der Waals surface area (Å²) in [5.41, 5.74) is 5.53. The number of piperidine rings is 1. The van der Waals surface area contributed by atoms with Gasteiger partial charge in [0, 0.05) is 19.0 Å². The Morgan fingerprint density at radius 1 is 1.50 bits per heavy atom. The quantitative estimate of drug-likeness (QED) is 0.770. The molecule has 1 saturated heterocycles. The van der Waals surface area contributed by atoms with E-state index in [1.807, 2.05) is 18.7 Å². The fraction of sp³-hybridized carbons (Fsp3) is 0.846. The molecule has 18 heavy (non-hydrogen) atoms. The lowest BCUT2D eigenvalue weighted by Crippen LogP contribution is -2.46. The average Bonchev–Trinajstić information content (AvgIpc) is 2.35. The molecule has 5 nitrogen and oxygen atoms in total. The third-order valence-corrected chi connectivity index (χ3v) is 3.80. The van der Waals surface area contributed by atoms with E-state index in [0.717, 1.165) is 6.42 Å². The third-order valence-electron chi connectivity index (χ3n) is 3.80. The van der Waals surface area contributed by atoms with Crippen molar-refractivity contribution in [1.82, 2.24) is 4.90 Å². The maximum absolute atomic E-state index is 12.0. The SMILES string of the molecule is CC(CN)CCC(=O)N1CCC(C(=O)O)CC1C. The lowest BCUT2D eigenvalue weighted by Gasteiger charge is -2.36. The van der Waals surface area contributed by atoms with E-state index in [1.54, 1.807) is 0 Å². The van der Waals surface area contributed by atoms with Gasteiger partial charge in [-0.05, 0) is 38.6 Å². The number of nitrogens with two attached hydrogens (primary N) is 1. The molecule has 0 aromatic carbocycles. The molecular weight excluding hydrogens is 232 g/mol. The van der Waals surface area contributed by atoms with Crippen LogP contribution in [0.25, 0.3) is 0 Å². The maximum Gasteiger partial charge on any atom is 0.306 e. The largest absolute Gasteiger partial charge is 0.481 e. The minimum Gasteiger partial charge on any atom is -0.481 e. The standard InChI is InChI=1S/C13H24N2O3/c1-9(8-14)3-4-12(16)15-6-5-11(13(17)18)7-10(15)2/h9-11H,3-8,14H2,1-2H3,(H,17,18). The monoisotopic (exact) mass is 256 g/mol. The van der Waals surface area contributed by atoms with E-state index in [2.05, 4.69) is 0 Å². The van der Waals surface area contributed by atoms with Crippen LogP contribution in [-0.2, 0) is 9.59 Å². The first-order valence-electron chi connectivity index (χ1n) is 6.68. The molecule has 0 bridgehead atoms. The molecule has 0 aliphatic carbocycles. The predicted octanol–water partition coefficient (Wildman–Crippen LogP) is 1.07. The van der Waals surface area contributed by atoms with Gasteiger partial charge in [-0.25, -0.2) is 0 Å². The molecule has 1 fully saturated rings. The van der Waals surface area contributed by atoms with E-state index in [1.165, 1.54) is 0 Å². The molecule has 0 aromatic heterocycles. The van der Waals surface area contributed by atoms with E-state index in [9.17, 15) is 9.59 Å². The molecule has 1 aliphatic heterocycles. The number of carboxylic acid groups (broad SMARTS) is 1. The summed E-state index contributed by atoms with van der Waals surface area (Å²) in [6.07, 6.45) is 2.45. The number of aliphatic carboxylic acids is 1. The first-order chi connectivity index (χ1) is 8.45. The summed E-state index contributed by atoms with van der Waals surface area (Å²) in [4.78, 5) is 24.8. The van der Waals surface area contributed by atoms with Crippen molar-refractivity contribution in [2.24, 2.45) is 17.6 Å². The number of carbonyl (C=O) groups excluding carboxylic acids is 1. The topological polar surface area (TPSA) is 83.6 Å².